The predicted molar refractivity (Wildman–Crippen MR) is 40.5 cm³/mol. The standard InChI is InChI=1S/C9H10IO/c1-7-6-8-2-4-10-5-3-9(8)11-7/h2-5,7H,6H2,1H3/q-1/t7-/m1/s1. The van der Waals surface area contributed by atoms with Crippen LogP contribution >= 0.6 is 0 Å². The molecule has 0 saturated carbocycles. The number of allylic oxidation sites excluding steroid dienone is 2. The maximum absolute atomic E-state index is 5.60. The molecule has 0 aliphatic carbocycles. The molecular formula is C9H10IO-. The quantitative estimate of drug-likeness (QED) is 0.518. The van der Waals surface area contributed by atoms with E-state index in [4.69, 9.17) is 4.74 Å². The van der Waals surface area contributed by atoms with E-state index < -0.39 is 0 Å². The fourth-order valence-electron chi connectivity index (χ4n) is 1.29. The molecule has 2 heterocycles. The Labute approximate surface area is 77.1 Å². The van der Waals surface area contributed by atoms with Gasteiger partial charge in [-0.05, 0) is 0 Å². The molecule has 1 atom stereocenters. The summed E-state index contributed by atoms with van der Waals surface area (Å²) in [6.07, 6.45) is 5.82. The molecule has 2 heteroatoms. The van der Waals surface area contributed by atoms with E-state index in [-0.39, 0.29) is 21.2 Å². The van der Waals surface area contributed by atoms with Gasteiger partial charge in [0, 0.05) is 0 Å². The molecule has 60 valence electrons. The number of halogens is 1. The number of rotatable bonds is 0. The molecule has 1 nitrogen and oxygen atoms in total. The molecule has 2 rings (SSSR count). The van der Waals surface area contributed by atoms with Crippen molar-refractivity contribution in [2.45, 2.75) is 19.4 Å². The van der Waals surface area contributed by atoms with E-state index in [1.165, 1.54) is 5.57 Å². The topological polar surface area (TPSA) is 9.23 Å². The molecule has 0 saturated heterocycles. The Hall–Kier alpha value is -0.250. The average Bonchev–Trinajstić information content (AvgIpc) is 2.17. The fourth-order valence-corrected chi connectivity index (χ4v) is 2.70. The molecule has 0 spiro atoms. The van der Waals surface area contributed by atoms with Gasteiger partial charge in [-0.25, -0.2) is 0 Å². The second-order valence-electron chi connectivity index (χ2n) is 2.73. The molecule has 0 aromatic carbocycles. The zero-order valence-electron chi connectivity index (χ0n) is 6.38. The summed E-state index contributed by atoms with van der Waals surface area (Å²) in [7, 11) is 0. The SMILES string of the molecule is C[C@@H]1CC2=C(C=C[I-]C=C2)O1. The van der Waals surface area contributed by atoms with Crippen LogP contribution in [0.3, 0.4) is 0 Å². The Kier molecular flexibility index (Phi) is 2.02. The summed E-state index contributed by atoms with van der Waals surface area (Å²) in [6.45, 7) is 2.12. The predicted octanol–water partition coefficient (Wildman–Crippen LogP) is -0.821. The Morgan fingerprint density at radius 2 is 2.27 bits per heavy atom. The van der Waals surface area contributed by atoms with Crippen LogP contribution in [-0.4, -0.2) is 6.10 Å². The molecular weight excluding hydrogens is 251 g/mol. The van der Waals surface area contributed by atoms with Crippen molar-refractivity contribution in [3.05, 3.63) is 31.6 Å². The first kappa shape index (κ1) is 7.40. The van der Waals surface area contributed by atoms with Gasteiger partial charge in [-0.2, -0.15) is 0 Å². The van der Waals surface area contributed by atoms with Gasteiger partial charge in [0.2, 0.25) is 0 Å². The normalized spacial score (nSPS) is 29.0. The molecule has 0 bridgehead atoms. The van der Waals surface area contributed by atoms with Crippen LogP contribution in [-0.2, 0) is 4.74 Å². The van der Waals surface area contributed by atoms with Crippen LogP contribution in [0.2, 0.25) is 0 Å². The van der Waals surface area contributed by atoms with Crippen LogP contribution in [0.15, 0.2) is 31.6 Å². The number of ether oxygens (including phenoxy) is 1. The molecule has 2 aliphatic heterocycles. The van der Waals surface area contributed by atoms with Gasteiger partial charge >= 0.3 is 77.0 Å². The van der Waals surface area contributed by atoms with Gasteiger partial charge in [-0.1, -0.05) is 0 Å². The van der Waals surface area contributed by atoms with Crippen molar-refractivity contribution < 1.29 is 25.9 Å². The minimum absolute atomic E-state index is 0.163. The van der Waals surface area contributed by atoms with Crippen LogP contribution in [0, 0.1) is 0 Å². The van der Waals surface area contributed by atoms with E-state index in [1.54, 1.807) is 0 Å². The van der Waals surface area contributed by atoms with Gasteiger partial charge in [-0.15, -0.1) is 0 Å². The summed E-state index contributed by atoms with van der Waals surface area (Å²) in [5.41, 5.74) is 1.38. The van der Waals surface area contributed by atoms with Crippen molar-refractivity contribution in [2.24, 2.45) is 0 Å². The molecule has 0 amide bonds. The minimum atomic E-state index is 0.163. The molecule has 0 fully saturated rings. The Bertz CT molecular complexity index is 226. The molecule has 0 radical (unpaired) electrons. The third-order valence-electron chi connectivity index (χ3n) is 1.78. The summed E-state index contributed by atoms with van der Waals surface area (Å²) in [5.74, 6) is 1.10. The summed E-state index contributed by atoms with van der Waals surface area (Å²) in [4.78, 5) is 0. The monoisotopic (exact) mass is 261 g/mol. The van der Waals surface area contributed by atoms with Crippen LogP contribution < -0.4 is 21.2 Å². The van der Waals surface area contributed by atoms with Crippen molar-refractivity contribution >= 4 is 0 Å². The third-order valence-corrected chi connectivity index (χ3v) is 3.33. The van der Waals surface area contributed by atoms with Crippen LogP contribution in [0.4, 0.5) is 0 Å². The number of hydrogen-bond acceptors (Lipinski definition) is 1. The maximum atomic E-state index is 5.60. The van der Waals surface area contributed by atoms with E-state index in [0.717, 1.165) is 12.2 Å². The van der Waals surface area contributed by atoms with Gasteiger partial charge in [0.1, 0.15) is 0 Å². The third kappa shape index (κ3) is 1.50. The zero-order chi connectivity index (χ0) is 7.68. The average molecular weight is 261 g/mol. The van der Waals surface area contributed by atoms with E-state index in [2.05, 4.69) is 27.2 Å². The number of hydrogen-bond donors (Lipinski definition) is 0. The van der Waals surface area contributed by atoms with Crippen molar-refractivity contribution in [3.63, 3.8) is 0 Å². The first-order valence-electron chi connectivity index (χ1n) is 3.71. The molecule has 0 aromatic heterocycles. The van der Waals surface area contributed by atoms with E-state index in [1.807, 2.05) is 0 Å². The van der Waals surface area contributed by atoms with E-state index in [9.17, 15) is 0 Å². The zero-order valence-corrected chi connectivity index (χ0v) is 8.54. The Morgan fingerprint density at radius 3 is 3.18 bits per heavy atom. The molecule has 0 unspecified atom stereocenters. The van der Waals surface area contributed by atoms with Gasteiger partial charge in [0.05, 0.1) is 0 Å². The van der Waals surface area contributed by atoms with Gasteiger partial charge < -0.3 is 0 Å². The van der Waals surface area contributed by atoms with Crippen LogP contribution in [0.1, 0.15) is 13.3 Å². The van der Waals surface area contributed by atoms with Crippen molar-refractivity contribution in [2.75, 3.05) is 0 Å². The molecule has 0 N–H and O–H groups in total. The van der Waals surface area contributed by atoms with Crippen molar-refractivity contribution in [3.8, 4) is 0 Å². The summed E-state index contributed by atoms with van der Waals surface area (Å²) < 4.78 is 10.1. The van der Waals surface area contributed by atoms with Gasteiger partial charge in [-0.3, -0.25) is 0 Å². The summed E-state index contributed by atoms with van der Waals surface area (Å²) >= 11 is 0.163. The summed E-state index contributed by atoms with van der Waals surface area (Å²) in [6, 6.07) is 0. The molecule has 0 aromatic rings. The summed E-state index contributed by atoms with van der Waals surface area (Å²) in [5, 5.41) is 0. The van der Waals surface area contributed by atoms with E-state index in [0.29, 0.717) is 6.10 Å². The molecule has 2 aliphatic rings. The first-order chi connectivity index (χ1) is 5.36. The Balaban J connectivity index is 2.28. The van der Waals surface area contributed by atoms with Crippen molar-refractivity contribution in [1.29, 1.82) is 0 Å². The first-order valence-corrected chi connectivity index (χ1v) is 6.20. The second-order valence-corrected chi connectivity index (χ2v) is 4.89. The fraction of sp³-hybridized carbons (Fsp3) is 0.333. The molecule has 11 heavy (non-hydrogen) atoms. The van der Waals surface area contributed by atoms with Gasteiger partial charge in [0.15, 0.2) is 0 Å². The van der Waals surface area contributed by atoms with E-state index >= 15 is 0 Å². The second kappa shape index (κ2) is 3.01. The van der Waals surface area contributed by atoms with Crippen LogP contribution in [0.25, 0.3) is 0 Å². The van der Waals surface area contributed by atoms with Gasteiger partial charge in [0.25, 0.3) is 0 Å². The van der Waals surface area contributed by atoms with Crippen LogP contribution in [0.5, 0.6) is 0 Å². The van der Waals surface area contributed by atoms with Crippen molar-refractivity contribution in [1.82, 2.24) is 0 Å². The Morgan fingerprint density at radius 1 is 1.45 bits per heavy atom.